The average Bonchev–Trinajstić information content (AvgIpc) is 3.46. The standard InChI is InChI=1S/C24H24N2O5/c1-29-17-7-3-5-15(11-17)13-25-22(27)20-19-9-10-24(31-19)14-26(23(28)21(20)24)16-6-4-8-18(12-16)30-2/h3-12,19-21H,13-14H2,1-2H3,(H,25,27)/t19-,20+,21-,24+/m1/s1. The first-order chi connectivity index (χ1) is 15.0. The third kappa shape index (κ3) is 3.16. The van der Waals surface area contributed by atoms with Crippen molar-refractivity contribution in [2.45, 2.75) is 18.2 Å². The Hall–Kier alpha value is -3.32. The molecule has 2 fully saturated rings. The zero-order valence-corrected chi connectivity index (χ0v) is 17.4. The fourth-order valence-corrected chi connectivity index (χ4v) is 4.88. The van der Waals surface area contributed by atoms with Crippen molar-refractivity contribution in [3.8, 4) is 11.5 Å². The van der Waals surface area contributed by atoms with E-state index < -0.39 is 17.4 Å². The molecule has 0 aromatic heterocycles. The highest BCUT2D eigenvalue weighted by Crippen LogP contribution is 2.52. The summed E-state index contributed by atoms with van der Waals surface area (Å²) in [6.45, 7) is 0.743. The lowest BCUT2D eigenvalue weighted by Crippen LogP contribution is -2.43. The van der Waals surface area contributed by atoms with Gasteiger partial charge in [0.25, 0.3) is 0 Å². The summed E-state index contributed by atoms with van der Waals surface area (Å²) in [5.41, 5.74) is 0.907. The maximum atomic E-state index is 13.4. The number of benzene rings is 2. The second-order valence-corrected chi connectivity index (χ2v) is 8.10. The number of fused-ring (bicyclic) bond motifs is 1. The molecule has 1 N–H and O–H groups in total. The molecule has 160 valence electrons. The third-order valence-electron chi connectivity index (χ3n) is 6.37. The molecule has 1 spiro atoms. The molecule has 0 unspecified atom stereocenters. The van der Waals surface area contributed by atoms with Gasteiger partial charge in [0, 0.05) is 18.3 Å². The fraction of sp³-hybridized carbons (Fsp3) is 0.333. The van der Waals surface area contributed by atoms with E-state index in [1.807, 2.05) is 60.7 Å². The Kier molecular flexibility index (Phi) is 4.70. The van der Waals surface area contributed by atoms with Gasteiger partial charge < -0.3 is 24.4 Å². The van der Waals surface area contributed by atoms with Crippen LogP contribution in [0.15, 0.2) is 60.7 Å². The Morgan fingerprint density at radius 3 is 2.68 bits per heavy atom. The molecule has 0 saturated carbocycles. The van der Waals surface area contributed by atoms with Gasteiger partial charge in [-0.2, -0.15) is 0 Å². The predicted octanol–water partition coefficient (Wildman–Crippen LogP) is 2.31. The molecule has 3 heterocycles. The first-order valence-corrected chi connectivity index (χ1v) is 10.3. The maximum Gasteiger partial charge on any atom is 0.234 e. The second kappa shape index (κ2) is 7.42. The minimum absolute atomic E-state index is 0.0957. The molecule has 31 heavy (non-hydrogen) atoms. The number of methoxy groups -OCH3 is 2. The highest BCUT2D eigenvalue weighted by molar-refractivity contribution is 6.03. The van der Waals surface area contributed by atoms with Crippen LogP contribution in [-0.2, 0) is 20.9 Å². The number of carbonyl (C=O) groups excluding carboxylic acids is 2. The van der Waals surface area contributed by atoms with Crippen molar-refractivity contribution in [1.29, 1.82) is 0 Å². The smallest absolute Gasteiger partial charge is 0.234 e. The molecule has 3 aliphatic rings. The molecule has 2 amide bonds. The number of anilines is 1. The Morgan fingerprint density at radius 2 is 1.90 bits per heavy atom. The SMILES string of the molecule is COc1cccc(CNC(=O)[C@H]2[C@H]3C=C[C@@]4(CN(c5cccc(OC)c5)C(=O)[C@@H]24)O3)c1. The molecular weight excluding hydrogens is 396 g/mol. The molecule has 0 radical (unpaired) electrons. The van der Waals surface area contributed by atoms with Crippen molar-refractivity contribution in [2.24, 2.45) is 11.8 Å². The minimum atomic E-state index is -0.761. The second-order valence-electron chi connectivity index (χ2n) is 8.10. The molecule has 7 heteroatoms. The van der Waals surface area contributed by atoms with Crippen LogP contribution in [0.4, 0.5) is 5.69 Å². The molecule has 2 aromatic rings. The summed E-state index contributed by atoms with van der Waals surface area (Å²) in [5, 5.41) is 2.98. The monoisotopic (exact) mass is 420 g/mol. The molecule has 2 bridgehead atoms. The van der Waals surface area contributed by atoms with Crippen LogP contribution >= 0.6 is 0 Å². The van der Waals surface area contributed by atoms with E-state index in [1.54, 1.807) is 19.1 Å². The number of ether oxygens (including phenoxy) is 3. The summed E-state index contributed by atoms with van der Waals surface area (Å²) in [6, 6.07) is 14.9. The quantitative estimate of drug-likeness (QED) is 0.726. The van der Waals surface area contributed by atoms with Crippen LogP contribution in [0.3, 0.4) is 0 Å². The van der Waals surface area contributed by atoms with Crippen LogP contribution in [0.5, 0.6) is 11.5 Å². The Labute approximate surface area is 180 Å². The van der Waals surface area contributed by atoms with Gasteiger partial charge in [0.15, 0.2) is 0 Å². The van der Waals surface area contributed by atoms with Crippen molar-refractivity contribution < 1.29 is 23.8 Å². The van der Waals surface area contributed by atoms with E-state index in [2.05, 4.69) is 5.32 Å². The number of carbonyl (C=O) groups is 2. The molecular formula is C24H24N2O5. The van der Waals surface area contributed by atoms with E-state index in [0.717, 1.165) is 17.0 Å². The van der Waals surface area contributed by atoms with Crippen LogP contribution in [0.1, 0.15) is 5.56 Å². The number of hydrogen-bond donors (Lipinski definition) is 1. The van der Waals surface area contributed by atoms with Gasteiger partial charge in [0.05, 0.1) is 38.7 Å². The van der Waals surface area contributed by atoms with E-state index in [9.17, 15) is 9.59 Å². The Bertz CT molecular complexity index is 1070. The van der Waals surface area contributed by atoms with Crippen LogP contribution in [-0.4, -0.2) is 44.3 Å². The van der Waals surface area contributed by atoms with Gasteiger partial charge in [-0.25, -0.2) is 0 Å². The van der Waals surface area contributed by atoms with Crippen molar-refractivity contribution >= 4 is 17.5 Å². The number of amides is 2. The highest BCUT2D eigenvalue weighted by atomic mass is 16.5. The van der Waals surface area contributed by atoms with Crippen molar-refractivity contribution in [2.75, 3.05) is 25.7 Å². The average molecular weight is 420 g/mol. The summed E-state index contributed by atoms with van der Waals surface area (Å²) >= 11 is 0. The fourth-order valence-electron chi connectivity index (χ4n) is 4.88. The predicted molar refractivity (Wildman–Crippen MR) is 114 cm³/mol. The zero-order valence-electron chi connectivity index (χ0n) is 17.4. The van der Waals surface area contributed by atoms with Crippen LogP contribution in [0.2, 0.25) is 0 Å². The van der Waals surface area contributed by atoms with Crippen molar-refractivity contribution in [1.82, 2.24) is 5.32 Å². The normalized spacial score (nSPS) is 28.0. The first kappa shape index (κ1) is 19.6. The Morgan fingerprint density at radius 1 is 1.16 bits per heavy atom. The lowest BCUT2D eigenvalue weighted by atomic mass is 9.77. The summed E-state index contributed by atoms with van der Waals surface area (Å²) in [7, 11) is 3.20. The Balaban J connectivity index is 1.36. The van der Waals surface area contributed by atoms with Gasteiger partial charge in [0.1, 0.15) is 17.1 Å². The van der Waals surface area contributed by atoms with Crippen LogP contribution in [0.25, 0.3) is 0 Å². The lowest BCUT2D eigenvalue weighted by molar-refractivity contribution is -0.132. The van der Waals surface area contributed by atoms with E-state index in [0.29, 0.717) is 18.8 Å². The van der Waals surface area contributed by atoms with E-state index >= 15 is 0 Å². The van der Waals surface area contributed by atoms with Gasteiger partial charge in [-0.3, -0.25) is 9.59 Å². The summed E-state index contributed by atoms with van der Waals surface area (Å²) in [6.07, 6.45) is 3.48. The first-order valence-electron chi connectivity index (χ1n) is 10.3. The van der Waals surface area contributed by atoms with Crippen molar-refractivity contribution in [3.63, 3.8) is 0 Å². The molecule has 3 aliphatic heterocycles. The number of rotatable bonds is 6. The zero-order chi connectivity index (χ0) is 21.6. The van der Waals surface area contributed by atoms with Gasteiger partial charge >= 0.3 is 0 Å². The van der Waals surface area contributed by atoms with E-state index in [1.165, 1.54) is 0 Å². The number of hydrogen-bond acceptors (Lipinski definition) is 5. The maximum absolute atomic E-state index is 13.4. The van der Waals surface area contributed by atoms with Gasteiger partial charge in [-0.1, -0.05) is 30.4 Å². The van der Waals surface area contributed by atoms with Crippen LogP contribution in [0, 0.1) is 11.8 Å². The molecule has 4 atom stereocenters. The number of nitrogens with one attached hydrogen (secondary N) is 1. The molecule has 7 nitrogen and oxygen atoms in total. The summed E-state index contributed by atoms with van der Waals surface area (Å²) in [4.78, 5) is 28.3. The van der Waals surface area contributed by atoms with Gasteiger partial charge in [-0.15, -0.1) is 0 Å². The molecule has 0 aliphatic carbocycles. The lowest BCUT2D eigenvalue weighted by Gasteiger charge is -2.23. The molecule has 2 aromatic carbocycles. The summed E-state index contributed by atoms with van der Waals surface area (Å²) in [5.74, 6) is 0.0363. The third-order valence-corrected chi connectivity index (χ3v) is 6.37. The van der Waals surface area contributed by atoms with E-state index in [4.69, 9.17) is 14.2 Å². The topological polar surface area (TPSA) is 77.1 Å². The molecule has 5 rings (SSSR count). The molecule has 2 saturated heterocycles. The summed E-state index contributed by atoms with van der Waals surface area (Å²) < 4.78 is 16.7. The van der Waals surface area contributed by atoms with Gasteiger partial charge in [-0.05, 0) is 29.8 Å². The van der Waals surface area contributed by atoms with Crippen LogP contribution < -0.4 is 19.7 Å². The van der Waals surface area contributed by atoms with E-state index in [-0.39, 0.29) is 17.9 Å². The number of nitrogens with zero attached hydrogens (tertiary/aromatic N) is 1. The largest absolute Gasteiger partial charge is 0.497 e. The van der Waals surface area contributed by atoms with Gasteiger partial charge in [0.2, 0.25) is 11.8 Å². The minimum Gasteiger partial charge on any atom is -0.497 e. The highest BCUT2D eigenvalue weighted by Gasteiger charge is 2.67. The van der Waals surface area contributed by atoms with Crippen molar-refractivity contribution in [3.05, 3.63) is 66.2 Å².